The second-order valence-corrected chi connectivity index (χ2v) is 11.6. The summed E-state index contributed by atoms with van der Waals surface area (Å²) >= 11 is 0. The fourth-order valence-electron chi connectivity index (χ4n) is 4.76. The van der Waals surface area contributed by atoms with Crippen molar-refractivity contribution in [2.45, 2.75) is 50.7 Å². The minimum absolute atomic E-state index is 0.277. The number of nitrogens with one attached hydrogen (secondary N) is 1. The molecule has 0 saturated carbocycles. The van der Waals surface area contributed by atoms with E-state index in [-0.39, 0.29) is 30.7 Å². The maximum atomic E-state index is 14.2. The quantitative estimate of drug-likeness (QED) is 0.251. The van der Waals surface area contributed by atoms with Gasteiger partial charge in [0.15, 0.2) is 0 Å². The first-order valence-electron chi connectivity index (χ1n) is 14.6. The number of amides is 3. The molecule has 0 aromatic heterocycles. The van der Waals surface area contributed by atoms with Crippen LogP contribution >= 0.6 is 0 Å². The van der Waals surface area contributed by atoms with Gasteiger partial charge in [0.1, 0.15) is 12.1 Å². The summed E-state index contributed by atoms with van der Waals surface area (Å²) in [5, 5.41) is 2.83. The molecule has 5 N–H and O–H groups in total. The number of carbonyl (C=O) groups is 3. The fourth-order valence-corrected chi connectivity index (χ4v) is 4.76. The summed E-state index contributed by atoms with van der Waals surface area (Å²) in [6.45, 7) is 4.35. The largest absolute Gasteiger partial charge is 0.353 e. The Morgan fingerprint density at radius 3 is 1.91 bits per heavy atom. The van der Waals surface area contributed by atoms with E-state index in [1.165, 1.54) is 15.9 Å². The molecule has 8 nitrogen and oxygen atoms in total. The normalized spacial score (nSPS) is 12.9. The topological polar surface area (TPSA) is 122 Å². The summed E-state index contributed by atoms with van der Waals surface area (Å²) in [5.41, 5.74) is 15.2. The van der Waals surface area contributed by atoms with Gasteiger partial charge < -0.3 is 26.6 Å². The molecule has 0 bridgehead atoms. The van der Waals surface area contributed by atoms with E-state index in [1.807, 2.05) is 98.8 Å². The molecule has 0 spiro atoms. The lowest BCUT2D eigenvalue weighted by Crippen LogP contribution is -2.56. The predicted molar refractivity (Wildman–Crippen MR) is 173 cm³/mol. The van der Waals surface area contributed by atoms with E-state index >= 15 is 0 Å². The van der Waals surface area contributed by atoms with Crippen molar-refractivity contribution in [2.75, 3.05) is 27.2 Å². The Kier molecular flexibility index (Phi) is 12.2. The average Bonchev–Trinajstić information content (AvgIpc) is 3.01. The molecular weight excluding hydrogens is 538 g/mol. The van der Waals surface area contributed by atoms with Gasteiger partial charge in [-0.25, -0.2) is 0 Å². The first-order chi connectivity index (χ1) is 20.5. The highest BCUT2D eigenvalue weighted by Gasteiger charge is 2.34. The Bertz CT molecular complexity index is 1350. The molecule has 228 valence electrons. The zero-order chi connectivity index (χ0) is 31.4. The Morgan fingerprint density at radius 2 is 1.33 bits per heavy atom. The molecule has 8 heteroatoms. The van der Waals surface area contributed by atoms with Crippen molar-refractivity contribution in [1.29, 1.82) is 0 Å². The third kappa shape index (κ3) is 10.2. The van der Waals surface area contributed by atoms with Gasteiger partial charge in [0.25, 0.3) is 0 Å². The number of hydrogen-bond acceptors (Lipinski definition) is 5. The highest BCUT2D eigenvalue weighted by atomic mass is 16.2. The van der Waals surface area contributed by atoms with Crippen LogP contribution in [0, 0.1) is 0 Å². The predicted octanol–water partition coefficient (Wildman–Crippen LogP) is 3.55. The number of likely N-dealkylation sites (N-methyl/N-ethyl adjacent to an activating group) is 2. The molecule has 0 heterocycles. The third-order valence-corrected chi connectivity index (χ3v) is 7.33. The van der Waals surface area contributed by atoms with Crippen LogP contribution in [0.15, 0.2) is 97.1 Å². The van der Waals surface area contributed by atoms with Crippen molar-refractivity contribution in [2.24, 2.45) is 11.5 Å². The van der Waals surface area contributed by atoms with E-state index in [4.69, 9.17) is 11.5 Å². The Labute approximate surface area is 255 Å². The molecule has 3 rings (SSSR count). The summed E-state index contributed by atoms with van der Waals surface area (Å²) in [7, 11) is 3.24. The van der Waals surface area contributed by atoms with Gasteiger partial charge in [-0.2, -0.15) is 0 Å². The smallest absolute Gasteiger partial charge is 0.246 e. The van der Waals surface area contributed by atoms with Crippen LogP contribution in [0.4, 0.5) is 0 Å². The molecule has 43 heavy (non-hydrogen) atoms. The molecule has 3 aromatic carbocycles. The van der Waals surface area contributed by atoms with Gasteiger partial charge >= 0.3 is 0 Å². The molecule has 3 aromatic rings. The molecule has 0 aliphatic rings. The van der Waals surface area contributed by atoms with E-state index in [1.54, 1.807) is 20.2 Å². The Morgan fingerprint density at radius 1 is 0.791 bits per heavy atom. The molecule has 0 saturated heterocycles. The van der Waals surface area contributed by atoms with Gasteiger partial charge in [-0.1, -0.05) is 91.0 Å². The third-order valence-electron chi connectivity index (χ3n) is 7.33. The molecule has 2 atom stereocenters. The van der Waals surface area contributed by atoms with E-state index in [0.717, 1.165) is 22.3 Å². The van der Waals surface area contributed by atoms with Gasteiger partial charge in [-0.3, -0.25) is 14.4 Å². The lowest BCUT2D eigenvalue weighted by atomic mass is 9.98. The first kappa shape index (κ1) is 33.2. The van der Waals surface area contributed by atoms with E-state index in [0.29, 0.717) is 19.4 Å². The molecule has 0 radical (unpaired) electrons. The zero-order valence-corrected chi connectivity index (χ0v) is 25.7. The number of carbonyl (C=O) groups excluding carboxylic acids is 3. The van der Waals surface area contributed by atoms with Crippen molar-refractivity contribution in [3.63, 3.8) is 0 Å². The van der Waals surface area contributed by atoms with Crippen LogP contribution in [0.3, 0.4) is 0 Å². The summed E-state index contributed by atoms with van der Waals surface area (Å²) < 4.78 is 0. The second kappa shape index (κ2) is 15.8. The average molecular weight is 584 g/mol. The minimum Gasteiger partial charge on any atom is -0.353 e. The molecule has 0 unspecified atom stereocenters. The van der Waals surface area contributed by atoms with Crippen molar-refractivity contribution in [1.82, 2.24) is 15.1 Å². The summed E-state index contributed by atoms with van der Waals surface area (Å²) in [6.07, 6.45) is 4.30. The highest BCUT2D eigenvalue weighted by Crippen LogP contribution is 2.21. The molecule has 0 aliphatic carbocycles. The fraction of sp³-hybridized carbons (Fsp3) is 0.343. The van der Waals surface area contributed by atoms with Crippen LogP contribution in [-0.2, 0) is 27.2 Å². The van der Waals surface area contributed by atoms with Crippen molar-refractivity contribution < 1.29 is 14.4 Å². The van der Waals surface area contributed by atoms with E-state index < -0.39 is 17.6 Å². The van der Waals surface area contributed by atoms with Crippen LogP contribution in [0.25, 0.3) is 11.1 Å². The van der Waals surface area contributed by atoms with Crippen LogP contribution in [0.5, 0.6) is 0 Å². The van der Waals surface area contributed by atoms with Crippen LogP contribution < -0.4 is 16.8 Å². The summed E-state index contributed by atoms with van der Waals surface area (Å²) in [6, 6.07) is 25.9. The summed E-state index contributed by atoms with van der Waals surface area (Å²) in [5.74, 6) is -0.946. The standard InChI is InChI=1S/C35H45N5O3/c1-35(2,37)21-11-16-32(41)39(3)31(25-27-17-19-29(20-18-27)28-14-9-6-10-15-28)34(43)40(4)30(33(42)38-23-22-36)24-26-12-7-5-8-13-26/h5-20,30-31H,21-25,36-37H2,1-4H3,(H,38,42)/b16-11+/t30-,31-/m1/s1. The minimum atomic E-state index is -0.851. The number of nitrogens with zero attached hydrogens (tertiary/aromatic N) is 2. The van der Waals surface area contributed by atoms with Crippen LogP contribution in [0.1, 0.15) is 31.4 Å². The van der Waals surface area contributed by atoms with Crippen molar-refractivity contribution in [3.05, 3.63) is 108 Å². The van der Waals surface area contributed by atoms with Gasteiger partial charge in [0, 0.05) is 45.6 Å². The number of rotatable bonds is 14. The number of benzene rings is 3. The van der Waals surface area contributed by atoms with Crippen LogP contribution in [0.2, 0.25) is 0 Å². The lowest BCUT2D eigenvalue weighted by molar-refractivity contribution is -0.146. The Balaban J connectivity index is 1.91. The van der Waals surface area contributed by atoms with Gasteiger partial charge in [-0.05, 0) is 48.6 Å². The number of hydrogen-bond donors (Lipinski definition) is 3. The van der Waals surface area contributed by atoms with Gasteiger partial charge in [-0.15, -0.1) is 0 Å². The SMILES string of the molecule is CN(C(=O)/C=C/CC(C)(C)N)[C@H](Cc1ccc(-c2ccccc2)cc1)C(=O)N(C)[C@H](Cc1ccccc1)C(=O)NCCN. The first-order valence-corrected chi connectivity index (χ1v) is 14.6. The summed E-state index contributed by atoms with van der Waals surface area (Å²) in [4.78, 5) is 43.7. The van der Waals surface area contributed by atoms with Gasteiger partial charge in [0.05, 0.1) is 0 Å². The lowest BCUT2D eigenvalue weighted by Gasteiger charge is -2.34. The maximum absolute atomic E-state index is 14.2. The maximum Gasteiger partial charge on any atom is 0.246 e. The second-order valence-electron chi connectivity index (χ2n) is 11.6. The molecular formula is C35H45N5O3. The van der Waals surface area contributed by atoms with E-state index in [9.17, 15) is 14.4 Å². The highest BCUT2D eigenvalue weighted by molar-refractivity contribution is 5.95. The zero-order valence-electron chi connectivity index (χ0n) is 25.7. The van der Waals surface area contributed by atoms with E-state index in [2.05, 4.69) is 5.32 Å². The van der Waals surface area contributed by atoms with Gasteiger partial charge in [0.2, 0.25) is 17.7 Å². The van der Waals surface area contributed by atoms with Crippen molar-refractivity contribution in [3.8, 4) is 11.1 Å². The number of nitrogens with two attached hydrogens (primary N) is 2. The van der Waals surface area contributed by atoms with Crippen LogP contribution in [-0.4, -0.2) is 72.3 Å². The monoisotopic (exact) mass is 583 g/mol. The van der Waals surface area contributed by atoms with Crippen molar-refractivity contribution >= 4 is 17.7 Å². The Hall–Kier alpha value is -4.27. The molecule has 0 fully saturated rings. The molecule has 0 aliphatic heterocycles. The molecule has 3 amide bonds.